The van der Waals surface area contributed by atoms with Crippen molar-refractivity contribution >= 4 is 21.9 Å². The van der Waals surface area contributed by atoms with E-state index >= 15 is 0 Å². The smallest absolute Gasteiger partial charge is 0.308 e. The van der Waals surface area contributed by atoms with Crippen LogP contribution in [-0.4, -0.2) is 15.9 Å². The van der Waals surface area contributed by atoms with Crippen LogP contribution in [0.4, 0.5) is 0 Å². The highest BCUT2D eigenvalue weighted by Crippen LogP contribution is 2.57. The van der Waals surface area contributed by atoms with Gasteiger partial charge in [0.2, 0.25) is 0 Å². The molecule has 2 atom stereocenters. The Bertz CT molecular complexity index is 662. The van der Waals surface area contributed by atoms with E-state index in [1.165, 1.54) is 22.3 Å². The third kappa shape index (κ3) is 1.41. The first-order chi connectivity index (χ1) is 9.70. The molecule has 3 aliphatic rings. The molecular formula is C17H13BrO2. The number of alkyl halides is 1. The highest BCUT2D eigenvalue weighted by Gasteiger charge is 2.51. The van der Waals surface area contributed by atoms with Crippen LogP contribution >= 0.6 is 15.9 Å². The summed E-state index contributed by atoms with van der Waals surface area (Å²) in [7, 11) is 0. The summed E-state index contributed by atoms with van der Waals surface area (Å²) >= 11 is 3.67. The van der Waals surface area contributed by atoms with E-state index in [0.717, 1.165) is 0 Å². The number of fused-ring (bicyclic) bond motifs is 1. The van der Waals surface area contributed by atoms with Gasteiger partial charge in [-0.25, -0.2) is 0 Å². The lowest BCUT2D eigenvalue weighted by atomic mass is 9.59. The van der Waals surface area contributed by atoms with Crippen LogP contribution in [0, 0.1) is 5.92 Å². The average molecular weight is 329 g/mol. The van der Waals surface area contributed by atoms with Gasteiger partial charge in [-0.2, -0.15) is 0 Å². The molecule has 0 amide bonds. The number of rotatable bonds is 1. The molecule has 2 nitrogen and oxygen atoms in total. The zero-order valence-electron chi connectivity index (χ0n) is 10.7. The summed E-state index contributed by atoms with van der Waals surface area (Å²) < 4.78 is 0. The third-order valence-corrected chi connectivity index (χ3v) is 5.74. The fourth-order valence-corrected chi connectivity index (χ4v) is 4.99. The minimum atomic E-state index is -0.717. The second-order valence-electron chi connectivity index (χ2n) is 5.52. The van der Waals surface area contributed by atoms with Crippen molar-refractivity contribution in [3.63, 3.8) is 0 Å². The Kier molecular flexibility index (Phi) is 2.55. The number of halogens is 1. The number of carbonyl (C=O) groups is 1. The molecule has 100 valence electrons. The van der Waals surface area contributed by atoms with Crippen molar-refractivity contribution < 1.29 is 9.90 Å². The first-order valence-electron chi connectivity index (χ1n) is 6.74. The Morgan fingerprint density at radius 2 is 1.25 bits per heavy atom. The van der Waals surface area contributed by atoms with Gasteiger partial charge in [0.1, 0.15) is 0 Å². The van der Waals surface area contributed by atoms with Gasteiger partial charge in [-0.1, -0.05) is 64.5 Å². The summed E-state index contributed by atoms with van der Waals surface area (Å²) in [5, 5.41) is 9.65. The van der Waals surface area contributed by atoms with E-state index in [4.69, 9.17) is 0 Å². The van der Waals surface area contributed by atoms with Crippen LogP contribution < -0.4 is 0 Å². The Morgan fingerprint density at radius 3 is 1.65 bits per heavy atom. The van der Waals surface area contributed by atoms with E-state index in [1.807, 2.05) is 24.3 Å². The fraction of sp³-hybridized carbons (Fsp3) is 0.235. The van der Waals surface area contributed by atoms with Crippen LogP contribution in [0.1, 0.15) is 34.1 Å². The predicted octanol–water partition coefficient (Wildman–Crippen LogP) is 3.74. The van der Waals surface area contributed by atoms with Crippen molar-refractivity contribution in [2.24, 2.45) is 5.92 Å². The van der Waals surface area contributed by atoms with Crippen LogP contribution in [0.2, 0.25) is 0 Å². The van der Waals surface area contributed by atoms with Crippen molar-refractivity contribution in [2.45, 2.75) is 16.7 Å². The van der Waals surface area contributed by atoms with Gasteiger partial charge in [-0.15, -0.1) is 0 Å². The number of hydrogen-bond donors (Lipinski definition) is 1. The number of aliphatic carboxylic acids is 1. The Hall–Kier alpha value is -1.61. The van der Waals surface area contributed by atoms with Gasteiger partial charge in [0, 0.05) is 16.7 Å². The second-order valence-corrected chi connectivity index (χ2v) is 6.58. The standard InChI is InChI=1S/C17H13BrO2/c18-16-14-11-7-3-1-5-9(11)13(15(16)17(19)20)10-6-2-4-8-12(10)14/h1-8,13-16H,(H,19,20)/t13?,14?,15-,16+/m1/s1. The third-order valence-electron chi connectivity index (χ3n) is 4.64. The van der Waals surface area contributed by atoms with E-state index in [9.17, 15) is 9.90 Å². The molecule has 2 bridgehead atoms. The summed E-state index contributed by atoms with van der Waals surface area (Å²) in [6.07, 6.45) is 0. The molecule has 0 spiro atoms. The van der Waals surface area contributed by atoms with Gasteiger partial charge < -0.3 is 5.11 Å². The van der Waals surface area contributed by atoms with Crippen molar-refractivity contribution in [1.29, 1.82) is 0 Å². The van der Waals surface area contributed by atoms with E-state index in [-0.39, 0.29) is 16.7 Å². The van der Waals surface area contributed by atoms with Gasteiger partial charge in [0.15, 0.2) is 0 Å². The zero-order chi connectivity index (χ0) is 13.9. The maximum atomic E-state index is 11.7. The summed E-state index contributed by atoms with van der Waals surface area (Å²) in [6, 6.07) is 16.5. The molecule has 0 saturated carbocycles. The van der Waals surface area contributed by atoms with Crippen molar-refractivity contribution in [1.82, 2.24) is 0 Å². The van der Waals surface area contributed by atoms with Crippen molar-refractivity contribution in [3.8, 4) is 0 Å². The first kappa shape index (κ1) is 12.2. The van der Waals surface area contributed by atoms with Crippen molar-refractivity contribution in [2.75, 3.05) is 0 Å². The highest BCUT2D eigenvalue weighted by molar-refractivity contribution is 9.09. The quantitative estimate of drug-likeness (QED) is 0.809. The summed E-state index contributed by atoms with van der Waals surface area (Å²) in [6.45, 7) is 0. The molecular weight excluding hydrogens is 316 g/mol. The maximum absolute atomic E-state index is 11.7. The van der Waals surface area contributed by atoms with E-state index in [1.54, 1.807) is 0 Å². The number of carboxylic acid groups (broad SMARTS) is 1. The molecule has 0 aliphatic heterocycles. The molecule has 5 rings (SSSR count). The predicted molar refractivity (Wildman–Crippen MR) is 80.4 cm³/mol. The average Bonchev–Trinajstić information content (AvgIpc) is 2.47. The molecule has 0 heterocycles. The molecule has 3 heteroatoms. The van der Waals surface area contributed by atoms with Crippen LogP contribution in [0.3, 0.4) is 0 Å². The van der Waals surface area contributed by atoms with Crippen LogP contribution in [0.25, 0.3) is 0 Å². The van der Waals surface area contributed by atoms with E-state index in [0.29, 0.717) is 0 Å². The molecule has 0 fully saturated rings. The van der Waals surface area contributed by atoms with Gasteiger partial charge in [0.05, 0.1) is 5.92 Å². The number of benzene rings is 2. The molecule has 3 aliphatic carbocycles. The van der Waals surface area contributed by atoms with Crippen molar-refractivity contribution in [3.05, 3.63) is 70.8 Å². The van der Waals surface area contributed by atoms with Crippen LogP contribution in [0.15, 0.2) is 48.5 Å². The lowest BCUT2D eigenvalue weighted by Crippen LogP contribution is -2.44. The highest BCUT2D eigenvalue weighted by atomic mass is 79.9. The molecule has 0 radical (unpaired) electrons. The first-order valence-corrected chi connectivity index (χ1v) is 7.66. The largest absolute Gasteiger partial charge is 0.481 e. The molecule has 20 heavy (non-hydrogen) atoms. The second kappa shape index (κ2) is 4.19. The molecule has 2 aromatic carbocycles. The summed E-state index contributed by atoms with van der Waals surface area (Å²) in [5.74, 6) is -1.03. The number of hydrogen-bond acceptors (Lipinski definition) is 1. The van der Waals surface area contributed by atoms with Gasteiger partial charge >= 0.3 is 5.97 Å². The van der Waals surface area contributed by atoms with E-state index < -0.39 is 11.9 Å². The SMILES string of the molecule is O=C(O)[C@@H]1C2c3ccccc3C(c3ccccc32)[C@@H]1Br. The van der Waals surface area contributed by atoms with Gasteiger partial charge in [-0.05, 0) is 22.3 Å². The molecule has 0 saturated heterocycles. The maximum Gasteiger partial charge on any atom is 0.308 e. The lowest BCUT2D eigenvalue weighted by Gasteiger charge is -2.47. The zero-order valence-corrected chi connectivity index (χ0v) is 12.2. The topological polar surface area (TPSA) is 37.3 Å². The molecule has 1 N–H and O–H groups in total. The summed E-state index contributed by atoms with van der Waals surface area (Å²) in [4.78, 5) is 11.7. The Balaban J connectivity index is 2.04. The number of carboxylic acids is 1. The van der Waals surface area contributed by atoms with Crippen LogP contribution in [0.5, 0.6) is 0 Å². The van der Waals surface area contributed by atoms with Gasteiger partial charge in [-0.3, -0.25) is 4.79 Å². The minimum Gasteiger partial charge on any atom is -0.481 e. The molecule has 0 unspecified atom stereocenters. The van der Waals surface area contributed by atoms with E-state index in [2.05, 4.69) is 40.2 Å². The monoisotopic (exact) mass is 328 g/mol. The van der Waals surface area contributed by atoms with Crippen LogP contribution in [-0.2, 0) is 4.79 Å². The minimum absolute atomic E-state index is 0.0465. The van der Waals surface area contributed by atoms with Gasteiger partial charge in [0.25, 0.3) is 0 Å². The normalized spacial score (nSPS) is 29.6. The fourth-order valence-electron chi connectivity index (χ4n) is 3.89. The lowest BCUT2D eigenvalue weighted by molar-refractivity contribution is -0.142. The molecule has 2 aromatic rings. The Labute approximate surface area is 125 Å². The molecule has 0 aromatic heterocycles. The summed E-state index contributed by atoms with van der Waals surface area (Å²) in [5.41, 5.74) is 4.91. The Morgan fingerprint density at radius 1 is 0.850 bits per heavy atom.